The molecule has 1 aromatic rings. The van der Waals surface area contributed by atoms with E-state index in [1.807, 2.05) is 9.80 Å². The monoisotopic (exact) mass is 443 g/mol. The Morgan fingerprint density at radius 1 is 1.00 bits per heavy atom. The number of ether oxygens (including phenoxy) is 2. The van der Waals surface area contributed by atoms with Crippen molar-refractivity contribution in [3.8, 4) is 5.75 Å². The first-order valence-electron chi connectivity index (χ1n) is 11.9. The van der Waals surface area contributed by atoms with E-state index in [1.54, 1.807) is 6.92 Å². The number of piperidine rings is 1. The van der Waals surface area contributed by atoms with E-state index in [4.69, 9.17) is 9.47 Å². The maximum atomic E-state index is 12.4. The number of aryl methyl sites for hydroxylation is 1. The molecule has 3 aliphatic heterocycles. The summed E-state index contributed by atoms with van der Waals surface area (Å²) in [6.07, 6.45) is 3.44. The molecular weight excluding hydrogens is 406 g/mol. The van der Waals surface area contributed by atoms with Crippen molar-refractivity contribution in [1.82, 2.24) is 9.80 Å². The van der Waals surface area contributed by atoms with Crippen molar-refractivity contribution in [3.05, 3.63) is 23.8 Å². The lowest BCUT2D eigenvalue weighted by Gasteiger charge is -2.44. The predicted molar refractivity (Wildman–Crippen MR) is 124 cm³/mol. The van der Waals surface area contributed by atoms with Gasteiger partial charge in [0.05, 0.1) is 6.61 Å². The maximum absolute atomic E-state index is 12.4. The lowest BCUT2D eigenvalue weighted by Crippen LogP contribution is -2.51. The third kappa shape index (κ3) is 5.13. The zero-order valence-electron chi connectivity index (χ0n) is 20.0. The molecule has 2 saturated heterocycles. The molecule has 0 unspecified atom stereocenters. The number of benzene rings is 1. The second-order valence-electron chi connectivity index (χ2n) is 10.7. The Morgan fingerprint density at radius 3 is 2.31 bits per heavy atom. The summed E-state index contributed by atoms with van der Waals surface area (Å²) in [7, 11) is 0. The van der Waals surface area contributed by atoms with Crippen molar-refractivity contribution >= 4 is 17.7 Å². The van der Waals surface area contributed by atoms with E-state index in [2.05, 4.69) is 43.9 Å². The van der Waals surface area contributed by atoms with Crippen LogP contribution in [-0.2, 0) is 16.0 Å². The fourth-order valence-electron chi connectivity index (χ4n) is 4.80. The highest BCUT2D eigenvalue weighted by Crippen LogP contribution is 2.41. The molecule has 3 aliphatic rings. The van der Waals surface area contributed by atoms with Crippen molar-refractivity contribution in [1.29, 1.82) is 0 Å². The fraction of sp³-hybridized carbons (Fsp3) is 0.680. The lowest BCUT2D eigenvalue weighted by molar-refractivity contribution is -0.129. The van der Waals surface area contributed by atoms with Gasteiger partial charge in [-0.2, -0.15) is 0 Å². The minimum Gasteiger partial charge on any atom is -0.487 e. The number of amides is 2. The number of piperazine rings is 1. The molecule has 3 heterocycles. The van der Waals surface area contributed by atoms with Crippen LogP contribution in [0.1, 0.15) is 52.5 Å². The molecule has 0 N–H and O–H groups in total. The Bertz CT molecular complexity index is 847. The molecule has 0 aliphatic carbocycles. The number of fused-ring (bicyclic) bond motifs is 1. The van der Waals surface area contributed by atoms with E-state index in [0.717, 1.165) is 57.6 Å². The molecule has 0 atom stereocenters. The van der Waals surface area contributed by atoms with Gasteiger partial charge >= 0.3 is 6.09 Å². The molecule has 176 valence electrons. The van der Waals surface area contributed by atoms with Gasteiger partial charge in [0.1, 0.15) is 11.4 Å². The molecule has 0 aromatic heterocycles. The smallest absolute Gasteiger partial charge is 0.409 e. The molecule has 1 spiro atoms. The van der Waals surface area contributed by atoms with Gasteiger partial charge in [-0.05, 0) is 42.0 Å². The van der Waals surface area contributed by atoms with Crippen LogP contribution in [0.15, 0.2) is 18.2 Å². The van der Waals surface area contributed by atoms with E-state index in [1.165, 1.54) is 11.3 Å². The maximum Gasteiger partial charge on any atom is 0.409 e. The van der Waals surface area contributed by atoms with Crippen molar-refractivity contribution in [2.75, 3.05) is 50.8 Å². The Kier molecular flexibility index (Phi) is 6.28. The Morgan fingerprint density at radius 2 is 1.69 bits per heavy atom. The number of nitrogens with zero attached hydrogens (tertiary/aromatic N) is 3. The quantitative estimate of drug-likeness (QED) is 0.698. The van der Waals surface area contributed by atoms with Crippen LogP contribution in [0.25, 0.3) is 0 Å². The van der Waals surface area contributed by atoms with E-state index in [9.17, 15) is 9.59 Å². The minimum absolute atomic E-state index is 0.0251. The van der Waals surface area contributed by atoms with E-state index in [-0.39, 0.29) is 23.0 Å². The number of carbonyl (C=O) groups excluding carboxylic acids is 2. The Balaban J connectivity index is 1.33. The molecular formula is C25H37N3O4. The summed E-state index contributed by atoms with van der Waals surface area (Å²) >= 11 is 0. The first-order valence-corrected chi connectivity index (χ1v) is 11.9. The van der Waals surface area contributed by atoms with Gasteiger partial charge in [0.25, 0.3) is 0 Å². The molecule has 2 fully saturated rings. The van der Waals surface area contributed by atoms with Gasteiger partial charge < -0.3 is 24.2 Å². The number of hydrogen-bond donors (Lipinski definition) is 0. The van der Waals surface area contributed by atoms with Gasteiger partial charge in [-0.25, -0.2) is 4.79 Å². The number of likely N-dealkylation sites (tertiary alicyclic amines) is 1. The molecule has 7 heteroatoms. The molecule has 7 nitrogen and oxygen atoms in total. The number of rotatable bonds is 2. The van der Waals surface area contributed by atoms with Crippen molar-refractivity contribution in [3.63, 3.8) is 0 Å². The minimum atomic E-state index is -0.208. The van der Waals surface area contributed by atoms with E-state index >= 15 is 0 Å². The van der Waals surface area contributed by atoms with Crippen LogP contribution in [0.2, 0.25) is 0 Å². The summed E-state index contributed by atoms with van der Waals surface area (Å²) in [4.78, 5) is 30.1. The van der Waals surface area contributed by atoms with Crippen molar-refractivity contribution in [2.24, 2.45) is 5.41 Å². The molecule has 0 bridgehead atoms. The van der Waals surface area contributed by atoms with Gasteiger partial charge in [-0.15, -0.1) is 0 Å². The first-order chi connectivity index (χ1) is 15.1. The van der Waals surface area contributed by atoms with Crippen LogP contribution in [0.5, 0.6) is 5.75 Å². The normalized spacial score (nSPS) is 20.6. The third-order valence-corrected chi connectivity index (χ3v) is 6.87. The SMILES string of the molecule is CC(=O)N1CCN(c2ccc3c(c2)CCC2(CCN(C(=O)OCC(C)(C)C)CC2)O3)CC1. The summed E-state index contributed by atoms with van der Waals surface area (Å²) < 4.78 is 12.0. The van der Waals surface area contributed by atoms with Gasteiger partial charge in [0.15, 0.2) is 0 Å². The number of carbonyl (C=O) groups is 2. The summed E-state index contributed by atoms with van der Waals surface area (Å²) in [6, 6.07) is 6.50. The molecule has 0 radical (unpaired) electrons. The van der Waals surface area contributed by atoms with Gasteiger partial charge in [-0.3, -0.25) is 4.79 Å². The lowest BCUT2D eigenvalue weighted by atomic mass is 9.83. The summed E-state index contributed by atoms with van der Waals surface area (Å²) in [5.74, 6) is 1.13. The molecule has 32 heavy (non-hydrogen) atoms. The average molecular weight is 444 g/mol. The van der Waals surface area contributed by atoms with Crippen LogP contribution in [0.3, 0.4) is 0 Å². The second-order valence-corrected chi connectivity index (χ2v) is 10.7. The predicted octanol–water partition coefficient (Wildman–Crippen LogP) is 3.70. The summed E-state index contributed by atoms with van der Waals surface area (Å²) in [5.41, 5.74) is 2.27. The van der Waals surface area contributed by atoms with E-state index in [0.29, 0.717) is 19.7 Å². The molecule has 1 aromatic carbocycles. The highest BCUT2D eigenvalue weighted by atomic mass is 16.6. The topological polar surface area (TPSA) is 62.3 Å². The first kappa shape index (κ1) is 22.7. The number of hydrogen-bond acceptors (Lipinski definition) is 5. The highest BCUT2D eigenvalue weighted by molar-refractivity contribution is 5.73. The van der Waals surface area contributed by atoms with Gasteiger partial charge in [-0.1, -0.05) is 20.8 Å². The third-order valence-electron chi connectivity index (χ3n) is 6.87. The molecule has 2 amide bonds. The summed E-state index contributed by atoms with van der Waals surface area (Å²) in [5, 5.41) is 0. The van der Waals surface area contributed by atoms with Crippen LogP contribution >= 0.6 is 0 Å². The van der Waals surface area contributed by atoms with E-state index < -0.39 is 0 Å². The Hall–Kier alpha value is -2.44. The molecule has 0 saturated carbocycles. The largest absolute Gasteiger partial charge is 0.487 e. The number of anilines is 1. The standard InChI is InChI=1S/C25H37N3O4/c1-19(29)26-13-15-27(16-14-26)21-5-6-22-20(17-21)7-8-25(32-22)9-11-28(12-10-25)23(30)31-18-24(2,3)4/h5-6,17H,7-16,18H2,1-4H3. The summed E-state index contributed by atoms with van der Waals surface area (Å²) in [6.45, 7) is 12.9. The van der Waals surface area contributed by atoms with Crippen LogP contribution in [0, 0.1) is 5.41 Å². The average Bonchev–Trinajstić information content (AvgIpc) is 2.77. The van der Waals surface area contributed by atoms with Crippen LogP contribution < -0.4 is 9.64 Å². The van der Waals surface area contributed by atoms with Crippen LogP contribution in [0.4, 0.5) is 10.5 Å². The van der Waals surface area contributed by atoms with Gasteiger partial charge in [0.2, 0.25) is 5.91 Å². The fourth-order valence-corrected chi connectivity index (χ4v) is 4.80. The van der Waals surface area contributed by atoms with Crippen LogP contribution in [-0.4, -0.2) is 73.3 Å². The zero-order valence-corrected chi connectivity index (χ0v) is 20.0. The highest BCUT2D eigenvalue weighted by Gasteiger charge is 2.41. The second kappa shape index (κ2) is 8.83. The van der Waals surface area contributed by atoms with Crippen molar-refractivity contribution in [2.45, 2.75) is 59.0 Å². The molecule has 4 rings (SSSR count). The van der Waals surface area contributed by atoms with Gasteiger partial charge in [0, 0.05) is 64.7 Å². The Labute approximate surface area is 191 Å². The van der Waals surface area contributed by atoms with Crippen molar-refractivity contribution < 1.29 is 19.1 Å². The zero-order chi connectivity index (χ0) is 22.9.